The van der Waals surface area contributed by atoms with Crippen LogP contribution in [0.1, 0.15) is 34.1 Å². The van der Waals surface area contributed by atoms with Gasteiger partial charge in [0.25, 0.3) is 0 Å². The van der Waals surface area contributed by atoms with Gasteiger partial charge in [0.15, 0.2) is 0 Å². The lowest BCUT2D eigenvalue weighted by Crippen LogP contribution is -2.46. The molecule has 0 aromatic heterocycles. The lowest BCUT2D eigenvalue weighted by molar-refractivity contribution is -0.123. The van der Waals surface area contributed by atoms with Gasteiger partial charge in [0, 0.05) is 12.1 Å². The molecule has 1 atom stereocenters. The van der Waals surface area contributed by atoms with Gasteiger partial charge < -0.3 is 10.4 Å². The van der Waals surface area contributed by atoms with Gasteiger partial charge in [-0.1, -0.05) is 6.92 Å². The summed E-state index contributed by atoms with van der Waals surface area (Å²) in [6.45, 7) is 8.64. The molecular formula is C11H24N2O2. The minimum atomic E-state index is -0.350. The van der Waals surface area contributed by atoms with Gasteiger partial charge in [0.05, 0.1) is 12.6 Å². The number of hydrogen-bond acceptors (Lipinski definition) is 3. The average Bonchev–Trinajstić information content (AvgIpc) is 1.99. The lowest BCUT2D eigenvalue weighted by Gasteiger charge is -2.24. The molecule has 0 aliphatic carbocycles. The van der Waals surface area contributed by atoms with Gasteiger partial charge in [-0.2, -0.15) is 0 Å². The zero-order chi connectivity index (χ0) is 12.1. The molecule has 0 rings (SSSR count). The SMILES string of the molecule is CCC(O)CN(C)CC(=O)NC(C)(C)C. The Labute approximate surface area is 92.7 Å². The first-order chi connectivity index (χ1) is 6.74. The number of amides is 1. The first kappa shape index (κ1) is 14.4. The monoisotopic (exact) mass is 216 g/mol. The van der Waals surface area contributed by atoms with Gasteiger partial charge in [-0.3, -0.25) is 9.69 Å². The zero-order valence-electron chi connectivity index (χ0n) is 10.5. The van der Waals surface area contributed by atoms with E-state index in [9.17, 15) is 9.90 Å². The van der Waals surface area contributed by atoms with Crippen molar-refractivity contribution in [1.82, 2.24) is 10.2 Å². The Hall–Kier alpha value is -0.610. The molecule has 90 valence electrons. The van der Waals surface area contributed by atoms with E-state index in [1.807, 2.05) is 39.6 Å². The first-order valence-electron chi connectivity index (χ1n) is 5.42. The lowest BCUT2D eigenvalue weighted by atomic mass is 10.1. The third-order valence-electron chi connectivity index (χ3n) is 1.92. The van der Waals surface area contributed by atoms with Crippen molar-refractivity contribution >= 4 is 5.91 Å². The van der Waals surface area contributed by atoms with Crippen LogP contribution in [0, 0.1) is 0 Å². The second-order valence-corrected chi connectivity index (χ2v) is 5.06. The normalized spacial score (nSPS) is 14.1. The molecule has 0 fully saturated rings. The van der Waals surface area contributed by atoms with E-state index in [1.165, 1.54) is 0 Å². The van der Waals surface area contributed by atoms with Crippen molar-refractivity contribution in [3.8, 4) is 0 Å². The van der Waals surface area contributed by atoms with E-state index in [2.05, 4.69) is 5.32 Å². The molecular weight excluding hydrogens is 192 g/mol. The Morgan fingerprint density at radius 2 is 2.00 bits per heavy atom. The maximum Gasteiger partial charge on any atom is 0.234 e. The van der Waals surface area contributed by atoms with Crippen LogP contribution < -0.4 is 5.32 Å². The highest BCUT2D eigenvalue weighted by atomic mass is 16.3. The number of carbonyl (C=O) groups excluding carboxylic acids is 1. The summed E-state index contributed by atoms with van der Waals surface area (Å²) >= 11 is 0. The fourth-order valence-corrected chi connectivity index (χ4v) is 1.26. The maximum absolute atomic E-state index is 11.5. The molecule has 0 saturated heterocycles. The molecule has 0 aromatic rings. The van der Waals surface area contributed by atoms with Crippen molar-refractivity contribution < 1.29 is 9.90 Å². The molecule has 4 nitrogen and oxygen atoms in total. The number of aliphatic hydroxyl groups excluding tert-OH is 1. The summed E-state index contributed by atoms with van der Waals surface area (Å²) in [5, 5.41) is 12.3. The summed E-state index contributed by atoms with van der Waals surface area (Å²) in [5.41, 5.74) is -0.193. The van der Waals surface area contributed by atoms with E-state index >= 15 is 0 Å². The van der Waals surface area contributed by atoms with Gasteiger partial charge in [0.1, 0.15) is 0 Å². The molecule has 0 spiro atoms. The molecule has 4 heteroatoms. The second kappa shape index (κ2) is 6.08. The molecule has 0 aromatic carbocycles. The van der Waals surface area contributed by atoms with Crippen LogP contribution in [0.25, 0.3) is 0 Å². The molecule has 0 aliphatic heterocycles. The number of carbonyl (C=O) groups is 1. The third kappa shape index (κ3) is 8.39. The molecule has 0 aliphatic rings. The summed E-state index contributed by atoms with van der Waals surface area (Å²) in [7, 11) is 1.83. The van der Waals surface area contributed by atoms with E-state index in [4.69, 9.17) is 0 Å². The number of rotatable bonds is 5. The fourth-order valence-electron chi connectivity index (χ4n) is 1.26. The van der Waals surface area contributed by atoms with Crippen LogP contribution in [-0.2, 0) is 4.79 Å². The fraction of sp³-hybridized carbons (Fsp3) is 0.909. The Balaban J connectivity index is 3.87. The summed E-state index contributed by atoms with van der Waals surface area (Å²) in [5.74, 6) is -0.00620. The van der Waals surface area contributed by atoms with Gasteiger partial charge in [0.2, 0.25) is 5.91 Å². The van der Waals surface area contributed by atoms with E-state index in [1.54, 1.807) is 0 Å². The summed E-state index contributed by atoms with van der Waals surface area (Å²) in [4.78, 5) is 13.3. The van der Waals surface area contributed by atoms with Gasteiger partial charge in [-0.05, 0) is 34.2 Å². The van der Waals surface area contributed by atoms with Crippen molar-refractivity contribution in [2.75, 3.05) is 20.1 Å². The molecule has 0 bridgehead atoms. The molecule has 0 saturated carbocycles. The van der Waals surface area contributed by atoms with Gasteiger partial charge >= 0.3 is 0 Å². The van der Waals surface area contributed by atoms with Crippen LogP contribution in [-0.4, -0.2) is 47.7 Å². The highest BCUT2D eigenvalue weighted by Gasteiger charge is 2.15. The predicted octanol–water partition coefficient (Wildman–Crippen LogP) is 0.604. The summed E-state index contributed by atoms with van der Waals surface area (Å²) < 4.78 is 0. The molecule has 1 amide bonds. The van der Waals surface area contributed by atoms with E-state index in [0.717, 1.165) is 0 Å². The zero-order valence-corrected chi connectivity index (χ0v) is 10.5. The molecule has 0 radical (unpaired) electrons. The van der Waals surface area contributed by atoms with Gasteiger partial charge in [-0.25, -0.2) is 0 Å². The minimum absolute atomic E-state index is 0.00620. The number of likely N-dealkylation sites (N-methyl/N-ethyl adjacent to an activating group) is 1. The smallest absolute Gasteiger partial charge is 0.234 e. The Morgan fingerprint density at radius 3 is 2.40 bits per heavy atom. The largest absolute Gasteiger partial charge is 0.392 e. The number of hydrogen-bond donors (Lipinski definition) is 2. The van der Waals surface area contributed by atoms with E-state index < -0.39 is 0 Å². The molecule has 2 N–H and O–H groups in total. The average molecular weight is 216 g/mol. The highest BCUT2D eigenvalue weighted by Crippen LogP contribution is 1.99. The first-order valence-corrected chi connectivity index (χ1v) is 5.42. The maximum atomic E-state index is 11.5. The molecule has 1 unspecified atom stereocenters. The third-order valence-corrected chi connectivity index (χ3v) is 1.92. The second-order valence-electron chi connectivity index (χ2n) is 5.06. The number of nitrogens with zero attached hydrogens (tertiary/aromatic N) is 1. The van der Waals surface area contributed by atoms with Crippen LogP contribution in [0.4, 0.5) is 0 Å². The van der Waals surface area contributed by atoms with E-state index in [-0.39, 0.29) is 17.6 Å². The number of nitrogens with one attached hydrogen (secondary N) is 1. The van der Waals surface area contributed by atoms with Crippen molar-refractivity contribution in [1.29, 1.82) is 0 Å². The molecule has 0 heterocycles. The van der Waals surface area contributed by atoms with Crippen LogP contribution in [0.3, 0.4) is 0 Å². The standard InChI is InChI=1S/C11H24N2O2/c1-6-9(14)7-13(5)8-10(15)12-11(2,3)4/h9,14H,6-8H2,1-5H3,(H,12,15). The topological polar surface area (TPSA) is 52.6 Å². The predicted molar refractivity (Wildman–Crippen MR) is 61.7 cm³/mol. The Morgan fingerprint density at radius 1 is 1.47 bits per heavy atom. The number of aliphatic hydroxyl groups is 1. The van der Waals surface area contributed by atoms with Crippen LogP contribution in [0.2, 0.25) is 0 Å². The highest BCUT2D eigenvalue weighted by molar-refractivity contribution is 5.78. The van der Waals surface area contributed by atoms with Crippen molar-refractivity contribution in [3.05, 3.63) is 0 Å². The van der Waals surface area contributed by atoms with Crippen LogP contribution in [0.5, 0.6) is 0 Å². The summed E-state index contributed by atoms with van der Waals surface area (Å²) in [6.07, 6.45) is 0.364. The quantitative estimate of drug-likeness (QED) is 0.708. The van der Waals surface area contributed by atoms with Crippen molar-refractivity contribution in [2.24, 2.45) is 0 Å². The summed E-state index contributed by atoms with van der Waals surface area (Å²) in [6, 6.07) is 0. The van der Waals surface area contributed by atoms with Crippen molar-refractivity contribution in [3.63, 3.8) is 0 Å². The minimum Gasteiger partial charge on any atom is -0.392 e. The Kier molecular flexibility index (Phi) is 5.83. The van der Waals surface area contributed by atoms with E-state index in [0.29, 0.717) is 19.5 Å². The van der Waals surface area contributed by atoms with Crippen molar-refractivity contribution in [2.45, 2.75) is 45.8 Å². The van der Waals surface area contributed by atoms with Crippen LogP contribution in [0.15, 0.2) is 0 Å². The van der Waals surface area contributed by atoms with Crippen LogP contribution >= 0.6 is 0 Å². The Bertz CT molecular complexity index is 199. The van der Waals surface area contributed by atoms with Gasteiger partial charge in [-0.15, -0.1) is 0 Å². The molecule has 15 heavy (non-hydrogen) atoms.